The molecule has 1 amide bonds. The third-order valence-corrected chi connectivity index (χ3v) is 5.01. The maximum atomic E-state index is 10.9. The van der Waals surface area contributed by atoms with Crippen molar-refractivity contribution in [3.05, 3.63) is 58.5 Å². The van der Waals surface area contributed by atoms with Gasteiger partial charge in [-0.1, -0.05) is 36.0 Å². The van der Waals surface area contributed by atoms with Crippen LogP contribution in [0, 0.1) is 0 Å². The first-order valence-electron chi connectivity index (χ1n) is 7.17. The molecule has 3 rings (SSSR count). The molecule has 0 atom stereocenters. The van der Waals surface area contributed by atoms with Crippen LogP contribution in [0.3, 0.4) is 0 Å². The van der Waals surface area contributed by atoms with E-state index < -0.39 is 0 Å². The van der Waals surface area contributed by atoms with Gasteiger partial charge in [0, 0.05) is 29.2 Å². The highest BCUT2D eigenvalue weighted by molar-refractivity contribution is 7.99. The number of para-hydroxylation sites is 1. The molecular weight excluding hydrogens is 328 g/mol. The standard InChI is InChI=1S/C16H16N4OS2/c17-14(21)8-10-23-16-19-18-15(11-13-7-4-9-22-13)20(16)12-5-2-1-3-6-12/h1-7,9H,8,10-11H2,(H2,17,21). The summed E-state index contributed by atoms with van der Waals surface area (Å²) in [6, 6.07) is 14.1. The summed E-state index contributed by atoms with van der Waals surface area (Å²) in [4.78, 5) is 12.2. The molecule has 5 nitrogen and oxygen atoms in total. The molecule has 0 aliphatic carbocycles. The van der Waals surface area contributed by atoms with Crippen molar-refractivity contribution in [1.29, 1.82) is 0 Å². The van der Waals surface area contributed by atoms with Gasteiger partial charge >= 0.3 is 0 Å². The number of carbonyl (C=O) groups is 1. The van der Waals surface area contributed by atoms with Crippen LogP contribution in [0.25, 0.3) is 5.69 Å². The van der Waals surface area contributed by atoms with Gasteiger partial charge in [0.1, 0.15) is 5.82 Å². The average molecular weight is 344 g/mol. The van der Waals surface area contributed by atoms with Gasteiger partial charge in [-0.05, 0) is 23.6 Å². The molecule has 0 unspecified atom stereocenters. The summed E-state index contributed by atoms with van der Waals surface area (Å²) in [5.74, 6) is 1.18. The number of nitrogens with zero attached hydrogens (tertiary/aromatic N) is 3. The lowest BCUT2D eigenvalue weighted by Crippen LogP contribution is -2.11. The molecule has 0 saturated heterocycles. The Morgan fingerprint density at radius 2 is 2.00 bits per heavy atom. The lowest BCUT2D eigenvalue weighted by Gasteiger charge is -2.09. The number of hydrogen-bond acceptors (Lipinski definition) is 5. The Balaban J connectivity index is 1.90. The minimum atomic E-state index is -0.304. The Morgan fingerprint density at radius 3 is 2.70 bits per heavy atom. The Morgan fingerprint density at radius 1 is 1.17 bits per heavy atom. The van der Waals surface area contributed by atoms with E-state index in [4.69, 9.17) is 5.73 Å². The molecular formula is C16H16N4OS2. The van der Waals surface area contributed by atoms with Crippen molar-refractivity contribution < 1.29 is 4.79 Å². The van der Waals surface area contributed by atoms with E-state index >= 15 is 0 Å². The largest absolute Gasteiger partial charge is 0.370 e. The van der Waals surface area contributed by atoms with Gasteiger partial charge in [0.15, 0.2) is 5.16 Å². The minimum absolute atomic E-state index is 0.304. The van der Waals surface area contributed by atoms with E-state index in [9.17, 15) is 4.79 Å². The van der Waals surface area contributed by atoms with Crippen molar-refractivity contribution >= 4 is 29.0 Å². The Kier molecular flexibility index (Phi) is 5.09. The second-order valence-corrected chi connectivity index (χ2v) is 6.98. The summed E-state index contributed by atoms with van der Waals surface area (Å²) in [6.45, 7) is 0. The van der Waals surface area contributed by atoms with Gasteiger partial charge in [0.25, 0.3) is 0 Å². The predicted molar refractivity (Wildman–Crippen MR) is 93.0 cm³/mol. The molecule has 2 heterocycles. The van der Waals surface area contributed by atoms with E-state index in [1.54, 1.807) is 11.3 Å². The molecule has 0 aliphatic heterocycles. The summed E-state index contributed by atoms with van der Waals surface area (Å²) in [5.41, 5.74) is 6.23. The third-order valence-electron chi connectivity index (χ3n) is 3.21. The van der Waals surface area contributed by atoms with E-state index in [0.717, 1.165) is 23.1 Å². The van der Waals surface area contributed by atoms with Crippen LogP contribution >= 0.6 is 23.1 Å². The summed E-state index contributed by atoms with van der Waals surface area (Å²) >= 11 is 3.20. The van der Waals surface area contributed by atoms with Crippen molar-refractivity contribution in [2.75, 3.05) is 5.75 Å². The Bertz CT molecular complexity index is 769. The van der Waals surface area contributed by atoms with E-state index in [1.807, 2.05) is 41.0 Å². The fraction of sp³-hybridized carbons (Fsp3) is 0.188. The van der Waals surface area contributed by atoms with Crippen LogP contribution in [0.5, 0.6) is 0 Å². The number of primary amides is 1. The molecule has 1 aromatic carbocycles. The zero-order valence-electron chi connectivity index (χ0n) is 12.4. The Hall–Kier alpha value is -2.12. The normalized spacial score (nSPS) is 10.8. The fourth-order valence-electron chi connectivity index (χ4n) is 2.16. The summed E-state index contributed by atoms with van der Waals surface area (Å²) in [7, 11) is 0. The second-order valence-electron chi connectivity index (χ2n) is 4.89. The molecule has 7 heteroatoms. The van der Waals surface area contributed by atoms with E-state index in [1.165, 1.54) is 16.6 Å². The van der Waals surface area contributed by atoms with Gasteiger partial charge in [-0.15, -0.1) is 21.5 Å². The number of thioether (sulfide) groups is 1. The summed E-state index contributed by atoms with van der Waals surface area (Å²) in [6.07, 6.45) is 1.06. The average Bonchev–Trinajstić information content (AvgIpc) is 3.18. The molecule has 0 saturated carbocycles. The van der Waals surface area contributed by atoms with Crippen molar-refractivity contribution in [2.45, 2.75) is 18.0 Å². The van der Waals surface area contributed by atoms with Crippen LogP contribution in [0.15, 0.2) is 53.0 Å². The number of hydrogen-bond donors (Lipinski definition) is 1. The van der Waals surface area contributed by atoms with Crippen molar-refractivity contribution in [3.63, 3.8) is 0 Å². The van der Waals surface area contributed by atoms with Crippen LogP contribution < -0.4 is 5.73 Å². The molecule has 3 aromatic rings. The highest BCUT2D eigenvalue weighted by Crippen LogP contribution is 2.24. The number of rotatable bonds is 7. The van der Waals surface area contributed by atoms with Crippen molar-refractivity contribution in [1.82, 2.24) is 14.8 Å². The predicted octanol–water partition coefficient (Wildman–Crippen LogP) is 2.89. The van der Waals surface area contributed by atoms with Gasteiger partial charge in [-0.25, -0.2) is 0 Å². The van der Waals surface area contributed by atoms with E-state index in [2.05, 4.69) is 21.6 Å². The smallest absolute Gasteiger partial charge is 0.218 e. The van der Waals surface area contributed by atoms with Crippen LogP contribution in [-0.2, 0) is 11.2 Å². The van der Waals surface area contributed by atoms with Gasteiger partial charge in [-0.3, -0.25) is 9.36 Å². The van der Waals surface area contributed by atoms with Gasteiger partial charge in [-0.2, -0.15) is 0 Å². The van der Waals surface area contributed by atoms with Crippen molar-refractivity contribution in [3.8, 4) is 5.69 Å². The number of benzene rings is 1. The highest BCUT2D eigenvalue weighted by Gasteiger charge is 2.15. The van der Waals surface area contributed by atoms with Gasteiger partial charge in [0.05, 0.1) is 0 Å². The first-order chi connectivity index (χ1) is 11.2. The number of amides is 1. The zero-order chi connectivity index (χ0) is 16.1. The van der Waals surface area contributed by atoms with Crippen LogP contribution in [-0.4, -0.2) is 26.4 Å². The third kappa shape index (κ3) is 4.00. The van der Waals surface area contributed by atoms with Crippen LogP contribution in [0.1, 0.15) is 17.1 Å². The van der Waals surface area contributed by atoms with E-state index in [-0.39, 0.29) is 5.91 Å². The van der Waals surface area contributed by atoms with Gasteiger partial charge in [0.2, 0.25) is 5.91 Å². The highest BCUT2D eigenvalue weighted by atomic mass is 32.2. The fourth-order valence-corrected chi connectivity index (χ4v) is 3.78. The number of carbonyl (C=O) groups excluding carboxylic acids is 1. The molecule has 0 spiro atoms. The molecule has 2 aromatic heterocycles. The molecule has 118 valence electrons. The lowest BCUT2D eigenvalue weighted by molar-refractivity contribution is -0.117. The molecule has 0 fully saturated rings. The minimum Gasteiger partial charge on any atom is -0.370 e. The maximum Gasteiger partial charge on any atom is 0.218 e. The number of aromatic nitrogens is 3. The molecule has 2 N–H and O–H groups in total. The Labute approximate surface area is 142 Å². The summed E-state index contributed by atoms with van der Waals surface area (Å²) < 4.78 is 2.05. The quantitative estimate of drug-likeness (QED) is 0.669. The zero-order valence-corrected chi connectivity index (χ0v) is 14.0. The first-order valence-corrected chi connectivity index (χ1v) is 9.04. The lowest BCUT2D eigenvalue weighted by atomic mass is 10.3. The van der Waals surface area contributed by atoms with Crippen molar-refractivity contribution in [2.24, 2.45) is 5.73 Å². The van der Waals surface area contributed by atoms with Gasteiger partial charge < -0.3 is 5.73 Å². The van der Waals surface area contributed by atoms with Crippen LogP contribution in [0.4, 0.5) is 0 Å². The monoisotopic (exact) mass is 344 g/mol. The molecule has 0 radical (unpaired) electrons. The maximum absolute atomic E-state index is 10.9. The second kappa shape index (κ2) is 7.43. The SMILES string of the molecule is NC(=O)CCSc1nnc(Cc2cccs2)n1-c1ccccc1. The summed E-state index contributed by atoms with van der Waals surface area (Å²) in [5, 5.41) is 11.5. The number of thiophene rings is 1. The number of nitrogens with two attached hydrogens (primary N) is 1. The first kappa shape index (κ1) is 15.8. The topological polar surface area (TPSA) is 73.8 Å². The van der Waals surface area contributed by atoms with E-state index in [0.29, 0.717) is 12.2 Å². The van der Waals surface area contributed by atoms with Crippen LogP contribution in [0.2, 0.25) is 0 Å². The molecule has 0 aliphatic rings. The molecule has 23 heavy (non-hydrogen) atoms. The molecule has 0 bridgehead atoms.